The highest BCUT2D eigenvalue weighted by Crippen LogP contribution is 2.34. The molecule has 1 aliphatic heterocycles. The van der Waals surface area contributed by atoms with Crippen molar-refractivity contribution in [2.45, 2.75) is 26.4 Å². The monoisotopic (exact) mass is 492 g/mol. The SMILES string of the molecule is CCOC(=O)N1CCN([C@@H](c2ccc(OC)cc2)c2c(O)cc(C)n(Cc3ccccn3)c2=O)CC1. The maximum Gasteiger partial charge on any atom is 0.409 e. The predicted molar refractivity (Wildman–Crippen MR) is 135 cm³/mol. The zero-order chi connectivity index (χ0) is 25.7. The number of hydrogen-bond acceptors (Lipinski definition) is 7. The van der Waals surface area contributed by atoms with Crippen LogP contribution in [0.3, 0.4) is 0 Å². The van der Waals surface area contributed by atoms with Gasteiger partial charge < -0.3 is 24.0 Å². The number of ether oxygens (including phenoxy) is 2. The molecule has 1 aliphatic rings. The molecule has 0 spiro atoms. The van der Waals surface area contributed by atoms with Crippen LogP contribution in [0.4, 0.5) is 4.79 Å². The van der Waals surface area contributed by atoms with Crippen LogP contribution < -0.4 is 10.3 Å². The standard InChI is InChI=1S/C27H32N4O5/c1-4-36-27(34)30-15-13-29(14-16-30)25(20-8-10-22(35-3)11-9-20)24-23(32)17-19(2)31(26(24)33)18-21-7-5-6-12-28-21/h5-12,17,25,32H,4,13-16,18H2,1-3H3/t25-/m0/s1. The molecule has 3 aromatic rings. The summed E-state index contributed by atoms with van der Waals surface area (Å²) in [5, 5.41) is 11.1. The number of aromatic nitrogens is 2. The normalized spacial score (nSPS) is 14.9. The van der Waals surface area contributed by atoms with Gasteiger partial charge in [0.15, 0.2) is 0 Å². The Morgan fingerprint density at radius 3 is 2.44 bits per heavy atom. The van der Waals surface area contributed by atoms with Gasteiger partial charge in [-0.15, -0.1) is 0 Å². The summed E-state index contributed by atoms with van der Waals surface area (Å²) in [7, 11) is 1.60. The van der Waals surface area contributed by atoms with E-state index in [0.717, 1.165) is 11.3 Å². The van der Waals surface area contributed by atoms with E-state index in [2.05, 4.69) is 9.88 Å². The molecule has 1 atom stereocenters. The summed E-state index contributed by atoms with van der Waals surface area (Å²) in [5.41, 5.74) is 2.27. The van der Waals surface area contributed by atoms with Crippen LogP contribution in [-0.2, 0) is 11.3 Å². The average molecular weight is 493 g/mol. The lowest BCUT2D eigenvalue weighted by Crippen LogP contribution is -2.50. The summed E-state index contributed by atoms with van der Waals surface area (Å²) >= 11 is 0. The average Bonchev–Trinajstić information content (AvgIpc) is 2.90. The maximum absolute atomic E-state index is 13.9. The van der Waals surface area contributed by atoms with Crippen molar-refractivity contribution in [2.75, 3.05) is 39.9 Å². The Labute approximate surface area is 210 Å². The summed E-state index contributed by atoms with van der Waals surface area (Å²) in [5.74, 6) is 0.647. The number of carbonyl (C=O) groups is 1. The Hall–Kier alpha value is -3.85. The van der Waals surface area contributed by atoms with E-state index in [9.17, 15) is 14.7 Å². The molecule has 9 nitrogen and oxygen atoms in total. The molecule has 4 rings (SSSR count). The van der Waals surface area contributed by atoms with E-state index >= 15 is 0 Å². The zero-order valence-electron chi connectivity index (χ0n) is 20.9. The fraction of sp³-hybridized carbons (Fsp3) is 0.370. The Morgan fingerprint density at radius 1 is 1.11 bits per heavy atom. The molecule has 1 saturated heterocycles. The molecule has 190 valence electrons. The number of nitrogens with zero attached hydrogens (tertiary/aromatic N) is 4. The van der Waals surface area contributed by atoms with Crippen molar-refractivity contribution in [1.82, 2.24) is 19.4 Å². The second-order valence-electron chi connectivity index (χ2n) is 8.69. The molecule has 0 aliphatic carbocycles. The summed E-state index contributed by atoms with van der Waals surface area (Å²) in [6, 6.07) is 14.2. The third kappa shape index (κ3) is 5.36. The van der Waals surface area contributed by atoms with Crippen molar-refractivity contribution in [3.63, 3.8) is 0 Å². The zero-order valence-corrected chi connectivity index (χ0v) is 20.9. The molecule has 1 N–H and O–H groups in total. The van der Waals surface area contributed by atoms with Gasteiger partial charge in [-0.05, 0) is 49.7 Å². The number of hydrogen-bond donors (Lipinski definition) is 1. The maximum atomic E-state index is 13.9. The van der Waals surface area contributed by atoms with Crippen molar-refractivity contribution in [1.29, 1.82) is 0 Å². The van der Waals surface area contributed by atoms with Crippen LogP contribution in [0, 0.1) is 6.92 Å². The first-order valence-corrected chi connectivity index (χ1v) is 12.1. The molecular formula is C27H32N4O5. The first kappa shape index (κ1) is 25.2. The number of aromatic hydroxyl groups is 1. The minimum absolute atomic E-state index is 0.0524. The Morgan fingerprint density at radius 2 is 1.83 bits per heavy atom. The van der Waals surface area contributed by atoms with Crippen LogP contribution in [0.1, 0.15) is 35.5 Å². The van der Waals surface area contributed by atoms with Crippen molar-refractivity contribution >= 4 is 6.09 Å². The number of amides is 1. The molecular weight excluding hydrogens is 460 g/mol. The lowest BCUT2D eigenvalue weighted by Gasteiger charge is -2.39. The number of aryl methyl sites for hydroxylation is 1. The number of benzene rings is 1. The van der Waals surface area contributed by atoms with E-state index in [0.29, 0.717) is 56.3 Å². The van der Waals surface area contributed by atoms with Crippen molar-refractivity contribution in [3.05, 3.63) is 87.6 Å². The van der Waals surface area contributed by atoms with Gasteiger partial charge in [0.25, 0.3) is 5.56 Å². The molecule has 0 bridgehead atoms. The van der Waals surface area contributed by atoms with Crippen LogP contribution in [0.15, 0.2) is 59.5 Å². The largest absolute Gasteiger partial charge is 0.507 e. The number of pyridine rings is 2. The number of methoxy groups -OCH3 is 1. The first-order valence-electron chi connectivity index (χ1n) is 12.1. The number of rotatable bonds is 7. The minimum Gasteiger partial charge on any atom is -0.507 e. The number of carbonyl (C=O) groups excluding carboxylic acids is 1. The van der Waals surface area contributed by atoms with Gasteiger partial charge in [0.2, 0.25) is 0 Å². The summed E-state index contributed by atoms with van der Waals surface area (Å²) in [6.07, 6.45) is 1.36. The molecule has 1 amide bonds. The van der Waals surface area contributed by atoms with Gasteiger partial charge in [0, 0.05) is 38.1 Å². The molecule has 2 aromatic heterocycles. The second-order valence-corrected chi connectivity index (χ2v) is 8.69. The van der Waals surface area contributed by atoms with Crippen molar-refractivity contribution in [2.24, 2.45) is 0 Å². The molecule has 0 unspecified atom stereocenters. The van der Waals surface area contributed by atoms with E-state index in [1.807, 2.05) is 42.5 Å². The van der Waals surface area contributed by atoms with E-state index in [4.69, 9.17) is 9.47 Å². The van der Waals surface area contributed by atoms with Gasteiger partial charge in [0.05, 0.1) is 37.6 Å². The van der Waals surface area contributed by atoms with Crippen molar-refractivity contribution in [3.8, 4) is 11.5 Å². The summed E-state index contributed by atoms with van der Waals surface area (Å²) in [6.45, 7) is 6.15. The summed E-state index contributed by atoms with van der Waals surface area (Å²) < 4.78 is 12.1. The van der Waals surface area contributed by atoms with E-state index in [-0.39, 0.29) is 17.4 Å². The van der Waals surface area contributed by atoms with E-state index in [1.165, 1.54) is 0 Å². The highest BCUT2D eigenvalue weighted by Gasteiger charge is 2.32. The molecule has 0 radical (unpaired) electrons. The predicted octanol–water partition coefficient (Wildman–Crippen LogP) is 3.18. The van der Waals surface area contributed by atoms with Crippen LogP contribution in [0.25, 0.3) is 0 Å². The quantitative estimate of drug-likeness (QED) is 0.541. The summed E-state index contributed by atoms with van der Waals surface area (Å²) in [4.78, 5) is 34.3. The highest BCUT2D eigenvalue weighted by molar-refractivity contribution is 5.67. The van der Waals surface area contributed by atoms with Gasteiger partial charge in [-0.25, -0.2) is 4.79 Å². The lowest BCUT2D eigenvalue weighted by molar-refractivity contribution is 0.0709. The molecule has 9 heteroatoms. The van der Waals surface area contributed by atoms with Crippen LogP contribution in [-0.4, -0.2) is 70.4 Å². The molecule has 3 heterocycles. The minimum atomic E-state index is -0.511. The van der Waals surface area contributed by atoms with Gasteiger partial charge in [0.1, 0.15) is 11.5 Å². The second kappa shape index (κ2) is 11.3. The van der Waals surface area contributed by atoms with Crippen LogP contribution in [0.2, 0.25) is 0 Å². The molecule has 1 fully saturated rings. The Bertz CT molecular complexity index is 1240. The third-order valence-electron chi connectivity index (χ3n) is 6.48. The third-order valence-corrected chi connectivity index (χ3v) is 6.48. The van der Waals surface area contributed by atoms with Crippen LogP contribution >= 0.6 is 0 Å². The van der Waals surface area contributed by atoms with Gasteiger partial charge in [-0.1, -0.05) is 18.2 Å². The highest BCUT2D eigenvalue weighted by atomic mass is 16.6. The Balaban J connectivity index is 1.75. The Kier molecular flexibility index (Phi) is 7.90. The first-order chi connectivity index (χ1) is 17.4. The van der Waals surface area contributed by atoms with Crippen LogP contribution in [0.5, 0.6) is 11.5 Å². The van der Waals surface area contributed by atoms with Gasteiger partial charge in [-0.3, -0.25) is 14.7 Å². The van der Waals surface area contributed by atoms with E-state index < -0.39 is 6.04 Å². The molecule has 36 heavy (non-hydrogen) atoms. The molecule has 1 aromatic carbocycles. The van der Waals surface area contributed by atoms with Gasteiger partial charge in [-0.2, -0.15) is 0 Å². The van der Waals surface area contributed by atoms with Crippen molar-refractivity contribution < 1.29 is 19.4 Å². The fourth-order valence-electron chi connectivity index (χ4n) is 4.60. The smallest absolute Gasteiger partial charge is 0.409 e. The molecule has 0 saturated carbocycles. The van der Waals surface area contributed by atoms with E-state index in [1.54, 1.807) is 42.7 Å². The van der Waals surface area contributed by atoms with Gasteiger partial charge >= 0.3 is 6.09 Å². The lowest BCUT2D eigenvalue weighted by atomic mass is 9.95. The topological polar surface area (TPSA) is 97.1 Å². The number of piperazine rings is 1. The fourth-order valence-corrected chi connectivity index (χ4v) is 4.60.